The zero-order valence-corrected chi connectivity index (χ0v) is 28.8. The number of amides is 6. The molecule has 0 spiro atoms. The van der Waals surface area contributed by atoms with Crippen LogP contribution in [0.15, 0.2) is 30.3 Å². The van der Waals surface area contributed by atoms with E-state index in [1.165, 1.54) is 14.1 Å². The van der Waals surface area contributed by atoms with E-state index in [0.29, 0.717) is 49.6 Å². The summed E-state index contributed by atoms with van der Waals surface area (Å²) in [7, 11) is -3.66. The monoisotopic (exact) mass is 706 g/mol. The molecule has 48 heavy (non-hydrogen) atoms. The Labute approximate surface area is 286 Å². The van der Waals surface area contributed by atoms with Crippen molar-refractivity contribution < 1.29 is 37.1 Å². The number of anilines is 1. The SMILES string of the molecule is O=C(CCCC[C@@H]1SC[C@@H]2NC(=O)N[C@@H]21)CCCOCCNC(=O)CCS(=O)(=O)N1CCC(N2CC(=O)N(c3ccccc3)C2=O)CC1. The quantitative estimate of drug-likeness (QED) is 0.117. The van der Waals surface area contributed by atoms with Crippen molar-refractivity contribution in [2.75, 3.05) is 55.8 Å². The first kappa shape index (κ1) is 36.1. The van der Waals surface area contributed by atoms with Gasteiger partial charge in [-0.3, -0.25) is 14.4 Å². The number of rotatable bonds is 18. The molecule has 0 unspecified atom stereocenters. The van der Waals surface area contributed by atoms with Gasteiger partial charge in [0.15, 0.2) is 0 Å². The lowest BCUT2D eigenvalue weighted by atomic mass is 10.0. The molecule has 14 nitrogen and oxygen atoms in total. The standard InChI is InChI=1S/C32H46N6O8S2/c39-25(9-4-5-11-27-30-26(22-47-27)34-31(42)35-30)10-6-18-46-19-15-33-28(40)14-20-48(44,45)36-16-12-23(13-17-36)37-21-29(41)38(32(37)43)24-7-2-1-3-8-24/h1-3,7-8,23,26-27,30H,4-6,9-22H2,(H,33,40)(H2,34,35,42)/t26-,27-,30-/m0/s1. The minimum absolute atomic E-state index is 0.0313. The molecule has 5 rings (SSSR count). The highest BCUT2D eigenvalue weighted by molar-refractivity contribution is 8.00. The summed E-state index contributed by atoms with van der Waals surface area (Å²) in [6.07, 6.45) is 5.03. The molecule has 0 saturated carbocycles. The molecule has 4 heterocycles. The fourth-order valence-corrected chi connectivity index (χ4v) is 9.69. The van der Waals surface area contributed by atoms with Gasteiger partial charge in [-0.05, 0) is 44.2 Å². The summed E-state index contributed by atoms with van der Waals surface area (Å²) < 4.78 is 32.7. The first-order chi connectivity index (χ1) is 23.1. The fraction of sp³-hybridized carbons (Fsp3) is 0.656. The third-order valence-electron chi connectivity index (χ3n) is 9.30. The van der Waals surface area contributed by atoms with E-state index < -0.39 is 10.0 Å². The van der Waals surface area contributed by atoms with E-state index in [4.69, 9.17) is 4.74 Å². The number of fused-ring (bicyclic) bond motifs is 1. The number of Topliss-reactive ketones (excluding diaryl/α,β-unsaturated/α-hetero) is 1. The number of nitrogens with one attached hydrogen (secondary N) is 3. The molecule has 6 amide bonds. The van der Waals surface area contributed by atoms with Gasteiger partial charge in [0.25, 0.3) is 5.91 Å². The van der Waals surface area contributed by atoms with Crippen LogP contribution in [0.2, 0.25) is 0 Å². The Morgan fingerprint density at radius 1 is 0.958 bits per heavy atom. The number of para-hydroxylation sites is 1. The Hall–Kier alpha value is -3.21. The number of urea groups is 2. The normalized spacial score (nSPS) is 23.3. The van der Waals surface area contributed by atoms with Crippen LogP contribution >= 0.6 is 11.8 Å². The van der Waals surface area contributed by atoms with Gasteiger partial charge in [-0.2, -0.15) is 11.8 Å². The Morgan fingerprint density at radius 2 is 1.71 bits per heavy atom. The van der Waals surface area contributed by atoms with Crippen molar-refractivity contribution in [3.63, 3.8) is 0 Å². The number of nitrogens with zero attached hydrogens (tertiary/aromatic N) is 3. The van der Waals surface area contributed by atoms with Gasteiger partial charge in [-0.25, -0.2) is 27.2 Å². The molecule has 1 aromatic rings. The van der Waals surface area contributed by atoms with Gasteiger partial charge in [0.1, 0.15) is 12.3 Å². The third kappa shape index (κ3) is 9.48. The lowest BCUT2D eigenvalue weighted by Gasteiger charge is -2.35. The maximum atomic E-state index is 13.0. The van der Waals surface area contributed by atoms with Crippen LogP contribution < -0.4 is 20.9 Å². The van der Waals surface area contributed by atoms with Gasteiger partial charge in [0.2, 0.25) is 15.9 Å². The predicted molar refractivity (Wildman–Crippen MR) is 181 cm³/mol. The number of carbonyl (C=O) groups is 5. The van der Waals surface area contributed by atoms with Crippen LogP contribution in [0.4, 0.5) is 15.3 Å². The number of hydrogen-bond acceptors (Lipinski definition) is 9. The van der Waals surface area contributed by atoms with Crippen molar-refractivity contribution >= 4 is 57.1 Å². The summed E-state index contributed by atoms with van der Waals surface area (Å²) in [6.45, 7) is 1.32. The van der Waals surface area contributed by atoms with Crippen molar-refractivity contribution in [3.8, 4) is 0 Å². The highest BCUT2D eigenvalue weighted by Crippen LogP contribution is 2.33. The van der Waals surface area contributed by atoms with Gasteiger partial charge in [-0.15, -0.1) is 0 Å². The largest absolute Gasteiger partial charge is 0.380 e. The second kappa shape index (κ2) is 16.9. The molecule has 264 valence electrons. The summed E-state index contributed by atoms with van der Waals surface area (Å²) in [5.41, 5.74) is 0.516. The maximum absolute atomic E-state index is 13.0. The van der Waals surface area contributed by atoms with Gasteiger partial charge >= 0.3 is 12.1 Å². The van der Waals surface area contributed by atoms with Crippen molar-refractivity contribution in [2.45, 2.75) is 81.2 Å². The molecule has 4 aliphatic rings. The number of benzene rings is 1. The summed E-state index contributed by atoms with van der Waals surface area (Å²) in [6, 6.07) is 8.44. The highest BCUT2D eigenvalue weighted by atomic mass is 32.2. The van der Waals surface area contributed by atoms with E-state index in [9.17, 15) is 32.4 Å². The summed E-state index contributed by atoms with van der Waals surface area (Å²) in [4.78, 5) is 64.2. The number of thioether (sulfide) groups is 1. The molecule has 4 aliphatic heterocycles. The molecule has 16 heteroatoms. The van der Waals surface area contributed by atoms with E-state index >= 15 is 0 Å². The summed E-state index contributed by atoms with van der Waals surface area (Å²) in [5, 5.41) is 9.02. The highest BCUT2D eigenvalue weighted by Gasteiger charge is 2.43. The second-order valence-electron chi connectivity index (χ2n) is 12.6. The van der Waals surface area contributed by atoms with Crippen molar-refractivity contribution in [2.24, 2.45) is 0 Å². The second-order valence-corrected chi connectivity index (χ2v) is 16.0. The molecule has 0 aliphatic carbocycles. The Kier molecular flexibility index (Phi) is 12.7. The van der Waals surface area contributed by atoms with Crippen LogP contribution in [-0.4, -0.2) is 122 Å². The summed E-state index contributed by atoms with van der Waals surface area (Å²) in [5.74, 6) is 0.142. The zero-order valence-electron chi connectivity index (χ0n) is 27.1. The van der Waals surface area contributed by atoms with Crippen LogP contribution in [-0.2, 0) is 29.1 Å². The number of unbranched alkanes of at least 4 members (excludes halogenated alkanes) is 1. The van der Waals surface area contributed by atoms with Crippen LogP contribution in [0.1, 0.15) is 57.8 Å². The molecule has 3 N–H and O–H groups in total. The van der Waals surface area contributed by atoms with Gasteiger partial charge < -0.3 is 25.6 Å². The molecular weight excluding hydrogens is 661 g/mol. The Morgan fingerprint density at radius 3 is 2.48 bits per heavy atom. The predicted octanol–water partition coefficient (Wildman–Crippen LogP) is 1.85. The van der Waals surface area contributed by atoms with Crippen molar-refractivity contribution in [1.82, 2.24) is 25.2 Å². The van der Waals surface area contributed by atoms with Crippen molar-refractivity contribution in [1.29, 1.82) is 0 Å². The minimum Gasteiger partial charge on any atom is -0.380 e. The van der Waals surface area contributed by atoms with Gasteiger partial charge in [-0.1, -0.05) is 24.6 Å². The number of imide groups is 1. The maximum Gasteiger partial charge on any atom is 0.332 e. The number of ether oxygens (including phenoxy) is 1. The molecule has 0 bridgehead atoms. The number of hydrogen-bond donors (Lipinski definition) is 3. The Bertz CT molecular complexity index is 1420. The molecule has 1 aromatic carbocycles. The molecule has 0 aromatic heterocycles. The topological polar surface area (TPSA) is 175 Å². The van der Waals surface area contributed by atoms with Gasteiger partial charge in [0, 0.05) is 62.5 Å². The Balaban J connectivity index is 0.873. The van der Waals surface area contributed by atoms with Crippen LogP contribution in [0.25, 0.3) is 0 Å². The number of piperidine rings is 1. The minimum atomic E-state index is -3.66. The molecule has 4 fully saturated rings. The summed E-state index contributed by atoms with van der Waals surface area (Å²) >= 11 is 1.88. The van der Waals surface area contributed by atoms with Crippen LogP contribution in [0.5, 0.6) is 0 Å². The number of sulfonamides is 1. The molecule has 0 radical (unpaired) electrons. The lowest BCUT2D eigenvalue weighted by Crippen LogP contribution is -2.48. The van der Waals surface area contributed by atoms with E-state index in [1.807, 2.05) is 17.8 Å². The average molecular weight is 707 g/mol. The first-order valence-corrected chi connectivity index (χ1v) is 19.5. The van der Waals surface area contributed by atoms with Crippen molar-refractivity contribution in [3.05, 3.63) is 30.3 Å². The van der Waals surface area contributed by atoms with Crippen LogP contribution in [0, 0.1) is 0 Å². The first-order valence-electron chi connectivity index (χ1n) is 16.8. The van der Waals surface area contributed by atoms with E-state index in [1.54, 1.807) is 24.3 Å². The molecule has 3 atom stereocenters. The molecular formula is C32H46N6O8S2. The van der Waals surface area contributed by atoms with Gasteiger partial charge in [0.05, 0.1) is 30.1 Å². The average Bonchev–Trinajstić information content (AvgIpc) is 3.73. The van der Waals surface area contributed by atoms with E-state index in [0.717, 1.165) is 25.0 Å². The molecule has 4 saturated heterocycles. The van der Waals surface area contributed by atoms with E-state index in [2.05, 4.69) is 16.0 Å². The lowest BCUT2D eigenvalue weighted by molar-refractivity contribution is -0.121. The van der Waals surface area contributed by atoms with Crippen LogP contribution in [0.3, 0.4) is 0 Å². The smallest absolute Gasteiger partial charge is 0.332 e. The van der Waals surface area contributed by atoms with E-state index in [-0.39, 0.29) is 92.7 Å². The third-order valence-corrected chi connectivity index (χ3v) is 12.7. The fourth-order valence-electron chi connectivity index (χ4n) is 6.68. The number of ketones is 1. The number of carbonyl (C=O) groups excluding carboxylic acids is 5. The zero-order chi connectivity index (χ0) is 34.1.